The van der Waals surface area contributed by atoms with Crippen LogP contribution < -0.4 is 0 Å². The molecule has 1 aliphatic heterocycles. The molecule has 1 aliphatic rings. The van der Waals surface area contributed by atoms with Crippen molar-refractivity contribution in [3.05, 3.63) is 51.7 Å². The minimum absolute atomic E-state index is 0.0439. The molecule has 1 N–H and O–H groups in total. The smallest absolute Gasteiger partial charge is 0.290 e. The molecule has 1 atom stereocenters. The Morgan fingerprint density at radius 2 is 2.16 bits per heavy atom. The van der Waals surface area contributed by atoms with Crippen molar-refractivity contribution in [2.24, 2.45) is 0 Å². The van der Waals surface area contributed by atoms with E-state index in [-0.39, 0.29) is 11.9 Å². The molecular weight excluding hydrogens is 338 g/mol. The van der Waals surface area contributed by atoms with Crippen LogP contribution in [-0.2, 0) is 6.42 Å². The van der Waals surface area contributed by atoms with Gasteiger partial charge in [-0.2, -0.15) is 0 Å². The molecule has 0 aliphatic carbocycles. The molecule has 0 spiro atoms. The van der Waals surface area contributed by atoms with Crippen LogP contribution in [0.4, 0.5) is 0 Å². The summed E-state index contributed by atoms with van der Waals surface area (Å²) in [5.41, 5.74) is 4.94. The number of nitrogens with zero attached hydrogens (tertiary/aromatic N) is 4. The maximum atomic E-state index is 13.0. The van der Waals surface area contributed by atoms with Gasteiger partial charge in [-0.15, -0.1) is 0 Å². The van der Waals surface area contributed by atoms with E-state index in [1.807, 2.05) is 37.8 Å². The molecule has 0 saturated carbocycles. The zero-order valence-corrected chi connectivity index (χ0v) is 15.1. The molecule has 0 radical (unpaired) electrons. The number of aromatic amines is 1. The van der Waals surface area contributed by atoms with Crippen molar-refractivity contribution in [2.75, 3.05) is 6.54 Å². The van der Waals surface area contributed by atoms with Gasteiger partial charge in [0.15, 0.2) is 11.5 Å². The Hall–Kier alpha value is -2.47. The van der Waals surface area contributed by atoms with Gasteiger partial charge >= 0.3 is 0 Å². The summed E-state index contributed by atoms with van der Waals surface area (Å²) < 4.78 is 0. The second kappa shape index (κ2) is 5.81. The lowest BCUT2D eigenvalue weighted by Gasteiger charge is -2.34. The SMILES string of the molecule is Cc1nc2[nH]c(C(=O)N3CCc4ncccc4[C@H]3C)nc2c(C)c1Cl. The maximum Gasteiger partial charge on any atom is 0.290 e. The topological polar surface area (TPSA) is 74.8 Å². The van der Waals surface area contributed by atoms with E-state index in [0.717, 1.165) is 28.9 Å². The van der Waals surface area contributed by atoms with Crippen molar-refractivity contribution in [3.8, 4) is 0 Å². The van der Waals surface area contributed by atoms with Crippen LogP contribution >= 0.6 is 11.6 Å². The second-order valence-electron chi connectivity index (χ2n) is 6.38. The van der Waals surface area contributed by atoms with Gasteiger partial charge in [0.2, 0.25) is 0 Å². The van der Waals surface area contributed by atoms with Gasteiger partial charge in [0.05, 0.1) is 16.8 Å². The molecule has 25 heavy (non-hydrogen) atoms. The maximum absolute atomic E-state index is 13.0. The normalized spacial score (nSPS) is 17.0. The van der Waals surface area contributed by atoms with E-state index >= 15 is 0 Å². The summed E-state index contributed by atoms with van der Waals surface area (Å²) in [6, 6.07) is 3.89. The molecule has 0 aromatic carbocycles. The quantitative estimate of drug-likeness (QED) is 0.726. The van der Waals surface area contributed by atoms with Gasteiger partial charge in [0, 0.05) is 24.9 Å². The van der Waals surface area contributed by atoms with E-state index in [1.54, 1.807) is 6.20 Å². The monoisotopic (exact) mass is 355 g/mol. The van der Waals surface area contributed by atoms with Gasteiger partial charge in [-0.25, -0.2) is 9.97 Å². The first kappa shape index (κ1) is 16.0. The molecule has 0 saturated heterocycles. The van der Waals surface area contributed by atoms with Crippen LogP contribution in [0.15, 0.2) is 18.3 Å². The lowest BCUT2D eigenvalue weighted by molar-refractivity contribution is 0.0665. The molecule has 0 bridgehead atoms. The second-order valence-corrected chi connectivity index (χ2v) is 6.76. The minimum atomic E-state index is -0.131. The number of halogens is 1. The summed E-state index contributed by atoms with van der Waals surface area (Å²) in [6.45, 7) is 6.37. The number of aromatic nitrogens is 4. The van der Waals surface area contributed by atoms with Crippen LogP contribution in [0.3, 0.4) is 0 Å². The van der Waals surface area contributed by atoms with Crippen molar-refractivity contribution >= 4 is 28.7 Å². The number of pyridine rings is 2. The first-order chi connectivity index (χ1) is 12.0. The number of hydrogen-bond acceptors (Lipinski definition) is 4. The third kappa shape index (κ3) is 2.48. The van der Waals surface area contributed by atoms with Crippen molar-refractivity contribution in [1.82, 2.24) is 24.8 Å². The predicted molar refractivity (Wildman–Crippen MR) is 95.8 cm³/mol. The Morgan fingerprint density at radius 1 is 1.36 bits per heavy atom. The summed E-state index contributed by atoms with van der Waals surface area (Å²) in [5.74, 6) is 0.166. The highest BCUT2D eigenvalue weighted by Gasteiger charge is 2.30. The average molecular weight is 356 g/mol. The van der Waals surface area contributed by atoms with Gasteiger partial charge in [0.25, 0.3) is 5.91 Å². The number of H-pyrrole nitrogens is 1. The molecule has 128 valence electrons. The third-order valence-electron chi connectivity index (χ3n) is 4.86. The summed E-state index contributed by atoms with van der Waals surface area (Å²) in [6.07, 6.45) is 2.54. The molecule has 0 unspecified atom stereocenters. The Labute approximate surface area is 150 Å². The highest BCUT2D eigenvalue weighted by atomic mass is 35.5. The fraction of sp³-hybridized carbons (Fsp3) is 0.333. The summed E-state index contributed by atoms with van der Waals surface area (Å²) in [7, 11) is 0. The van der Waals surface area contributed by atoms with Gasteiger partial charge in [-0.3, -0.25) is 9.78 Å². The van der Waals surface area contributed by atoms with Crippen LogP contribution in [0, 0.1) is 13.8 Å². The van der Waals surface area contributed by atoms with Gasteiger partial charge in [0.1, 0.15) is 5.52 Å². The van der Waals surface area contributed by atoms with Crippen LogP contribution in [0.1, 0.15) is 46.1 Å². The van der Waals surface area contributed by atoms with Crippen LogP contribution in [-0.4, -0.2) is 37.3 Å². The number of fused-ring (bicyclic) bond motifs is 2. The number of carbonyl (C=O) groups excluding carboxylic acids is 1. The third-order valence-corrected chi connectivity index (χ3v) is 5.42. The number of rotatable bonds is 1. The molecule has 3 aromatic heterocycles. The zero-order chi connectivity index (χ0) is 17.7. The minimum Gasteiger partial charge on any atom is -0.329 e. The summed E-state index contributed by atoms with van der Waals surface area (Å²) in [4.78, 5) is 31.2. The molecular formula is C18H18ClN5O. The van der Waals surface area contributed by atoms with Crippen molar-refractivity contribution in [1.29, 1.82) is 0 Å². The Balaban J connectivity index is 1.72. The first-order valence-corrected chi connectivity index (χ1v) is 8.62. The fourth-order valence-corrected chi connectivity index (χ4v) is 3.57. The van der Waals surface area contributed by atoms with E-state index in [2.05, 4.69) is 19.9 Å². The zero-order valence-electron chi connectivity index (χ0n) is 14.3. The Bertz CT molecular complexity index is 997. The number of aryl methyl sites for hydroxylation is 2. The fourth-order valence-electron chi connectivity index (χ4n) is 3.44. The molecule has 6 nitrogen and oxygen atoms in total. The van der Waals surface area contributed by atoms with E-state index in [4.69, 9.17) is 11.6 Å². The molecule has 3 aromatic rings. The van der Waals surface area contributed by atoms with E-state index < -0.39 is 0 Å². The molecule has 4 rings (SSSR count). The van der Waals surface area contributed by atoms with E-state index in [1.165, 1.54) is 0 Å². The number of nitrogens with one attached hydrogen (secondary N) is 1. The number of imidazole rings is 1. The van der Waals surface area contributed by atoms with Gasteiger partial charge in [-0.1, -0.05) is 17.7 Å². The van der Waals surface area contributed by atoms with Gasteiger partial charge in [-0.05, 0) is 38.0 Å². The van der Waals surface area contributed by atoms with Crippen LogP contribution in [0.2, 0.25) is 5.02 Å². The first-order valence-electron chi connectivity index (χ1n) is 8.24. The summed E-state index contributed by atoms with van der Waals surface area (Å²) in [5, 5.41) is 0.587. The number of carbonyl (C=O) groups is 1. The average Bonchev–Trinajstić information content (AvgIpc) is 3.04. The van der Waals surface area contributed by atoms with Crippen molar-refractivity contribution < 1.29 is 4.79 Å². The number of amides is 1. The Kier molecular flexibility index (Phi) is 3.72. The van der Waals surface area contributed by atoms with Crippen LogP contribution in [0.5, 0.6) is 0 Å². The van der Waals surface area contributed by atoms with Crippen molar-refractivity contribution in [2.45, 2.75) is 33.2 Å². The predicted octanol–water partition coefficient (Wildman–Crippen LogP) is 3.38. The highest BCUT2D eigenvalue weighted by molar-refractivity contribution is 6.32. The van der Waals surface area contributed by atoms with E-state index in [9.17, 15) is 4.79 Å². The largest absolute Gasteiger partial charge is 0.329 e. The van der Waals surface area contributed by atoms with Gasteiger partial charge < -0.3 is 9.88 Å². The lowest BCUT2D eigenvalue weighted by atomic mass is 9.98. The highest BCUT2D eigenvalue weighted by Crippen LogP contribution is 2.30. The molecule has 1 amide bonds. The summed E-state index contributed by atoms with van der Waals surface area (Å²) >= 11 is 6.25. The van der Waals surface area contributed by atoms with Crippen molar-refractivity contribution in [3.63, 3.8) is 0 Å². The molecule has 4 heterocycles. The molecule has 0 fully saturated rings. The molecule has 7 heteroatoms. The standard InChI is InChI=1S/C18H18ClN5O/c1-9-14(19)10(2)21-16-15(9)22-17(23-16)18(25)24-8-6-13-12(11(24)3)5-4-7-20-13/h4-5,7,11H,6,8H2,1-3H3,(H,21,22,23)/t11-/m1/s1. The number of hydrogen-bond donors (Lipinski definition) is 1. The van der Waals surface area contributed by atoms with Crippen LogP contribution in [0.25, 0.3) is 11.2 Å². The lowest BCUT2D eigenvalue weighted by Crippen LogP contribution is -2.39. The Morgan fingerprint density at radius 3 is 2.96 bits per heavy atom. The van der Waals surface area contributed by atoms with E-state index in [0.29, 0.717) is 28.6 Å².